The third-order valence-electron chi connectivity index (χ3n) is 11.3. The van der Waals surface area contributed by atoms with Crippen molar-refractivity contribution in [3.8, 4) is 0 Å². The van der Waals surface area contributed by atoms with Crippen molar-refractivity contribution in [1.29, 1.82) is 0 Å². The number of allylic oxidation sites excluding steroid dienone is 1. The summed E-state index contributed by atoms with van der Waals surface area (Å²) in [6.07, 6.45) is 12.0. The average Bonchev–Trinajstić information content (AvgIpc) is 3.13. The molecular formula is C30H49ClO5Si. The fourth-order valence-corrected chi connectivity index (χ4v) is 9.53. The van der Waals surface area contributed by atoms with Gasteiger partial charge in [0.15, 0.2) is 14.4 Å². The molecular weight excluding hydrogens is 504 g/mol. The van der Waals surface area contributed by atoms with Crippen molar-refractivity contribution >= 4 is 31.9 Å². The van der Waals surface area contributed by atoms with E-state index in [1.165, 1.54) is 12.8 Å². The Kier molecular flexibility index (Phi) is 8.36. The third-order valence-corrected chi connectivity index (χ3v) is 15.9. The minimum atomic E-state index is -1.77. The van der Waals surface area contributed by atoms with Gasteiger partial charge >= 0.3 is 11.9 Å². The molecule has 4 aliphatic rings. The first-order chi connectivity index (χ1) is 17.2. The molecule has 4 rings (SSSR count). The van der Waals surface area contributed by atoms with E-state index in [0.717, 1.165) is 38.5 Å². The summed E-state index contributed by atoms with van der Waals surface area (Å²) >= 11 is 5.43. The smallest absolute Gasteiger partial charge is 0.307 e. The van der Waals surface area contributed by atoms with Crippen LogP contribution in [0.1, 0.15) is 98.8 Å². The van der Waals surface area contributed by atoms with Crippen molar-refractivity contribution < 1.29 is 23.5 Å². The molecule has 0 aromatic rings. The maximum absolute atomic E-state index is 12.6. The fourth-order valence-electron chi connectivity index (χ4n) is 8.02. The second-order valence-corrected chi connectivity index (χ2v) is 19.2. The summed E-state index contributed by atoms with van der Waals surface area (Å²) < 4.78 is 17.6. The Hall–Kier alpha value is -0.853. The van der Waals surface area contributed by atoms with Gasteiger partial charge in [-0.25, -0.2) is 0 Å². The molecule has 0 saturated heterocycles. The van der Waals surface area contributed by atoms with E-state index in [-0.39, 0.29) is 46.8 Å². The Labute approximate surface area is 230 Å². The van der Waals surface area contributed by atoms with Crippen molar-refractivity contribution in [2.45, 2.75) is 129 Å². The molecule has 4 aliphatic carbocycles. The number of alkyl halides is 1. The average molecular weight is 553 g/mol. The minimum Gasteiger partial charge on any atom is -0.462 e. The van der Waals surface area contributed by atoms with Crippen LogP contribution in [0.2, 0.25) is 18.1 Å². The maximum Gasteiger partial charge on any atom is 0.307 e. The Morgan fingerprint density at radius 3 is 2.41 bits per heavy atom. The van der Waals surface area contributed by atoms with Crippen LogP contribution in [0.15, 0.2) is 11.6 Å². The fraction of sp³-hybridized carbons (Fsp3) is 0.867. The van der Waals surface area contributed by atoms with E-state index < -0.39 is 14.3 Å². The maximum atomic E-state index is 12.6. The molecule has 0 spiro atoms. The van der Waals surface area contributed by atoms with Crippen LogP contribution in [0.3, 0.4) is 0 Å². The lowest BCUT2D eigenvalue weighted by molar-refractivity contribution is -0.161. The van der Waals surface area contributed by atoms with Gasteiger partial charge in [0.05, 0.1) is 12.8 Å². The van der Waals surface area contributed by atoms with Gasteiger partial charge in [-0.05, 0) is 92.7 Å². The first kappa shape index (κ1) is 29.1. The molecule has 0 bridgehead atoms. The first-order valence-corrected chi connectivity index (χ1v) is 17.9. The van der Waals surface area contributed by atoms with Gasteiger partial charge in [-0.3, -0.25) is 9.59 Å². The standard InChI is InChI=1S/C30H49ClO5Si/c1-28(2,3)37(6,7)36-21-14-16-29(4)20(18-21)8-9-22-23-10-11-25(30(23,5)17-15-24(22)29)35-27(33)13-12-26(32)34-19-31/h8,21-25H,9-19H2,1-7H3/t21-,22-,23-,24-,25-,29-,30-/m0/s1. The molecule has 37 heavy (non-hydrogen) atoms. The summed E-state index contributed by atoms with van der Waals surface area (Å²) in [7, 11) is -1.77. The molecule has 0 heterocycles. The van der Waals surface area contributed by atoms with E-state index in [1.54, 1.807) is 5.57 Å². The highest BCUT2D eigenvalue weighted by Gasteiger charge is 2.60. The van der Waals surface area contributed by atoms with Crippen molar-refractivity contribution in [2.24, 2.45) is 28.6 Å². The zero-order chi connectivity index (χ0) is 27.2. The highest BCUT2D eigenvalue weighted by molar-refractivity contribution is 6.74. The molecule has 0 amide bonds. The summed E-state index contributed by atoms with van der Waals surface area (Å²) in [5.74, 6) is 1.21. The Bertz CT molecular complexity index is 910. The second kappa shape index (κ2) is 10.6. The molecule has 0 N–H and O–H groups in total. The molecule has 210 valence electrons. The topological polar surface area (TPSA) is 61.8 Å². The summed E-state index contributed by atoms with van der Waals surface area (Å²) in [5, 5.41) is 0.240. The van der Waals surface area contributed by atoms with Gasteiger partial charge < -0.3 is 13.9 Å². The van der Waals surface area contributed by atoms with E-state index in [1.807, 2.05) is 0 Å². The van der Waals surface area contributed by atoms with Crippen LogP contribution < -0.4 is 0 Å². The number of ether oxygens (including phenoxy) is 2. The van der Waals surface area contributed by atoms with Crippen LogP contribution in [0.25, 0.3) is 0 Å². The molecule has 0 aromatic carbocycles. The zero-order valence-corrected chi connectivity index (χ0v) is 25.9. The third kappa shape index (κ3) is 5.59. The molecule has 7 heteroatoms. The molecule has 5 nitrogen and oxygen atoms in total. The van der Waals surface area contributed by atoms with Gasteiger partial charge in [0.2, 0.25) is 0 Å². The van der Waals surface area contributed by atoms with Gasteiger partial charge in [-0.2, -0.15) is 0 Å². The van der Waals surface area contributed by atoms with Gasteiger partial charge in [-0.1, -0.05) is 57.9 Å². The van der Waals surface area contributed by atoms with Crippen LogP contribution in [-0.4, -0.2) is 38.5 Å². The monoisotopic (exact) mass is 552 g/mol. The number of carbonyl (C=O) groups is 2. The molecule has 3 fully saturated rings. The Morgan fingerprint density at radius 2 is 1.73 bits per heavy atom. The SMILES string of the molecule is CC(C)(C)[Si](C)(C)O[C@H]1CC[C@@]2(C)C(=CC[C@H]3[C@@H]4CC[C@H](OC(=O)CCC(=O)OCCl)[C@@]4(C)CC[C@@H]32)C1. The van der Waals surface area contributed by atoms with E-state index in [2.05, 4.69) is 53.8 Å². The molecule has 0 aromatic heterocycles. The van der Waals surface area contributed by atoms with E-state index in [0.29, 0.717) is 23.9 Å². The number of fused-ring (bicyclic) bond motifs is 5. The van der Waals surface area contributed by atoms with Crippen LogP contribution in [0.5, 0.6) is 0 Å². The predicted molar refractivity (Wildman–Crippen MR) is 150 cm³/mol. The van der Waals surface area contributed by atoms with Crippen molar-refractivity contribution in [2.75, 3.05) is 6.07 Å². The highest BCUT2D eigenvalue weighted by atomic mass is 35.5. The summed E-state index contributed by atoms with van der Waals surface area (Å²) in [5.41, 5.74) is 1.95. The molecule has 0 aliphatic heterocycles. The van der Waals surface area contributed by atoms with E-state index >= 15 is 0 Å². The van der Waals surface area contributed by atoms with Gasteiger partial charge in [0.1, 0.15) is 6.10 Å². The minimum absolute atomic E-state index is 0.0230. The normalized spacial score (nSPS) is 37.6. The Morgan fingerprint density at radius 1 is 1.03 bits per heavy atom. The number of carbonyl (C=O) groups excluding carboxylic acids is 2. The van der Waals surface area contributed by atoms with Gasteiger partial charge in [0.25, 0.3) is 0 Å². The summed E-state index contributed by atoms with van der Waals surface area (Å²) in [6, 6.07) is -0.182. The van der Waals surface area contributed by atoms with E-state index in [9.17, 15) is 9.59 Å². The molecule has 7 atom stereocenters. The summed E-state index contributed by atoms with van der Waals surface area (Å²) in [6.45, 7) is 16.6. The molecule has 3 saturated carbocycles. The second-order valence-electron chi connectivity index (χ2n) is 14.2. The van der Waals surface area contributed by atoms with Crippen LogP contribution in [-0.2, 0) is 23.5 Å². The lowest BCUT2D eigenvalue weighted by atomic mass is 9.48. The number of hydrogen-bond acceptors (Lipinski definition) is 5. The number of hydrogen-bond donors (Lipinski definition) is 0. The van der Waals surface area contributed by atoms with Crippen molar-refractivity contribution in [1.82, 2.24) is 0 Å². The molecule has 0 radical (unpaired) electrons. The highest BCUT2D eigenvalue weighted by Crippen LogP contribution is 2.65. The lowest BCUT2D eigenvalue weighted by Gasteiger charge is -2.58. The van der Waals surface area contributed by atoms with Crippen molar-refractivity contribution in [3.05, 3.63) is 11.6 Å². The lowest BCUT2D eigenvalue weighted by Crippen LogP contribution is -2.52. The van der Waals surface area contributed by atoms with Crippen LogP contribution >= 0.6 is 11.6 Å². The van der Waals surface area contributed by atoms with Crippen LogP contribution in [0, 0.1) is 28.6 Å². The summed E-state index contributed by atoms with van der Waals surface area (Å²) in [4.78, 5) is 24.1. The Balaban J connectivity index is 1.41. The van der Waals surface area contributed by atoms with Gasteiger partial charge in [0, 0.05) is 11.5 Å². The predicted octanol–water partition coefficient (Wildman–Crippen LogP) is 7.77. The number of rotatable bonds is 7. The van der Waals surface area contributed by atoms with Crippen LogP contribution in [0.4, 0.5) is 0 Å². The first-order valence-electron chi connectivity index (χ1n) is 14.5. The molecule has 0 unspecified atom stereocenters. The largest absolute Gasteiger partial charge is 0.462 e. The number of halogens is 1. The van der Waals surface area contributed by atoms with Gasteiger partial charge in [-0.15, -0.1) is 0 Å². The number of esters is 2. The quantitative estimate of drug-likeness (QED) is 0.140. The van der Waals surface area contributed by atoms with Crippen molar-refractivity contribution in [3.63, 3.8) is 0 Å². The van der Waals surface area contributed by atoms with E-state index in [4.69, 9.17) is 25.5 Å². The zero-order valence-electron chi connectivity index (χ0n) is 24.2.